The van der Waals surface area contributed by atoms with Crippen molar-refractivity contribution in [3.05, 3.63) is 0 Å². The molecule has 0 bridgehead atoms. The monoisotopic (exact) mass is 334 g/mol. The second-order valence-corrected chi connectivity index (χ2v) is 5.04. The average molecular weight is 334 g/mol. The summed E-state index contributed by atoms with van der Waals surface area (Å²) < 4.78 is 15.1. The summed E-state index contributed by atoms with van der Waals surface area (Å²) in [6, 6.07) is 0. The van der Waals surface area contributed by atoms with E-state index in [1.54, 1.807) is 0 Å². The van der Waals surface area contributed by atoms with Gasteiger partial charge in [0.05, 0.1) is 13.2 Å². The smallest absolute Gasteiger partial charge is 0.155 e. The molecule has 0 heterocycles. The molecular formula is C16H34N2O5. The zero-order valence-electron chi connectivity index (χ0n) is 15.1. The van der Waals surface area contributed by atoms with Crippen LogP contribution < -0.4 is 10.6 Å². The SMILES string of the molecule is CC(=O)COCCOCC(C)=O.CNCCCOCCCNC. The molecule has 0 radical (unpaired) electrons. The van der Waals surface area contributed by atoms with Gasteiger partial charge in [-0.25, -0.2) is 0 Å². The van der Waals surface area contributed by atoms with Gasteiger partial charge in [0.1, 0.15) is 13.2 Å². The summed E-state index contributed by atoms with van der Waals surface area (Å²) in [5.74, 6) is -0.0249. The maximum Gasteiger partial charge on any atom is 0.155 e. The highest BCUT2D eigenvalue weighted by atomic mass is 16.5. The molecule has 7 heteroatoms. The molecule has 138 valence electrons. The lowest BCUT2D eigenvalue weighted by Gasteiger charge is -2.02. The fourth-order valence-corrected chi connectivity index (χ4v) is 1.35. The highest BCUT2D eigenvalue weighted by molar-refractivity contribution is 5.77. The number of Topliss-reactive ketones (excluding diaryl/α,β-unsaturated/α-hetero) is 2. The first-order chi connectivity index (χ1) is 11.0. The normalized spacial score (nSPS) is 10.1. The average Bonchev–Trinajstić information content (AvgIpc) is 2.50. The summed E-state index contributed by atoms with van der Waals surface area (Å²) in [7, 11) is 3.92. The van der Waals surface area contributed by atoms with Crippen molar-refractivity contribution < 1.29 is 23.8 Å². The molecule has 0 unspecified atom stereocenters. The van der Waals surface area contributed by atoms with Crippen molar-refractivity contribution in [1.29, 1.82) is 0 Å². The Morgan fingerprint density at radius 1 is 0.696 bits per heavy atom. The lowest BCUT2D eigenvalue weighted by molar-refractivity contribution is -0.124. The van der Waals surface area contributed by atoms with Crippen molar-refractivity contribution >= 4 is 11.6 Å². The molecule has 0 rings (SSSR count). The van der Waals surface area contributed by atoms with Crippen LogP contribution in [0.2, 0.25) is 0 Å². The topological polar surface area (TPSA) is 85.9 Å². The number of rotatable bonds is 15. The lowest BCUT2D eigenvalue weighted by Crippen LogP contribution is -2.13. The van der Waals surface area contributed by atoms with E-state index < -0.39 is 0 Å². The van der Waals surface area contributed by atoms with Crippen molar-refractivity contribution in [3.8, 4) is 0 Å². The van der Waals surface area contributed by atoms with E-state index in [9.17, 15) is 9.59 Å². The lowest BCUT2D eigenvalue weighted by atomic mass is 10.4. The van der Waals surface area contributed by atoms with E-state index in [1.165, 1.54) is 13.8 Å². The number of ketones is 2. The van der Waals surface area contributed by atoms with E-state index in [4.69, 9.17) is 14.2 Å². The molecule has 23 heavy (non-hydrogen) atoms. The van der Waals surface area contributed by atoms with Gasteiger partial charge in [-0.2, -0.15) is 0 Å². The number of hydrogen-bond donors (Lipinski definition) is 2. The summed E-state index contributed by atoms with van der Waals surface area (Å²) in [5, 5.41) is 6.15. The van der Waals surface area contributed by atoms with Crippen LogP contribution in [0.5, 0.6) is 0 Å². The van der Waals surface area contributed by atoms with Crippen LogP contribution >= 0.6 is 0 Å². The Morgan fingerprint density at radius 2 is 1.09 bits per heavy atom. The van der Waals surface area contributed by atoms with Crippen molar-refractivity contribution in [2.24, 2.45) is 0 Å². The standard InChI is InChI=1S/C8H20N2O.C8H14O4/c1-9-5-3-7-11-8-4-6-10-2;1-7(9)5-11-3-4-12-6-8(2)10/h9-10H,3-8H2,1-2H3;3-6H2,1-2H3. The Bertz CT molecular complexity index is 249. The third kappa shape index (κ3) is 29.7. The van der Waals surface area contributed by atoms with Crippen LogP contribution in [0.25, 0.3) is 0 Å². The first-order valence-corrected chi connectivity index (χ1v) is 8.05. The molecule has 0 amide bonds. The predicted octanol–water partition coefficient (Wildman–Crippen LogP) is 0.420. The maximum absolute atomic E-state index is 10.4. The molecular weight excluding hydrogens is 300 g/mol. The van der Waals surface area contributed by atoms with Crippen LogP contribution in [0.4, 0.5) is 0 Å². The van der Waals surface area contributed by atoms with E-state index in [1.807, 2.05) is 14.1 Å². The summed E-state index contributed by atoms with van der Waals surface area (Å²) in [6.45, 7) is 7.70. The van der Waals surface area contributed by atoms with Gasteiger partial charge in [0.25, 0.3) is 0 Å². The van der Waals surface area contributed by atoms with E-state index in [0.717, 1.165) is 39.1 Å². The third-order valence-electron chi connectivity index (χ3n) is 2.41. The molecule has 0 saturated heterocycles. The third-order valence-corrected chi connectivity index (χ3v) is 2.41. The number of hydrogen-bond acceptors (Lipinski definition) is 7. The number of carbonyl (C=O) groups is 2. The molecule has 0 aromatic carbocycles. The van der Waals surface area contributed by atoms with Gasteiger partial charge >= 0.3 is 0 Å². The maximum atomic E-state index is 10.4. The van der Waals surface area contributed by atoms with Crippen LogP contribution in [0.15, 0.2) is 0 Å². The Balaban J connectivity index is 0. The van der Waals surface area contributed by atoms with Gasteiger partial charge < -0.3 is 24.8 Å². The second kappa shape index (κ2) is 21.1. The highest BCUT2D eigenvalue weighted by Crippen LogP contribution is 1.83. The number of carbonyl (C=O) groups excluding carboxylic acids is 2. The Hall–Kier alpha value is -0.860. The van der Waals surface area contributed by atoms with Crippen molar-refractivity contribution in [2.75, 3.05) is 66.8 Å². The second-order valence-electron chi connectivity index (χ2n) is 5.04. The van der Waals surface area contributed by atoms with Crippen molar-refractivity contribution in [1.82, 2.24) is 10.6 Å². The fraction of sp³-hybridized carbons (Fsp3) is 0.875. The molecule has 0 aliphatic rings. The fourth-order valence-electron chi connectivity index (χ4n) is 1.35. The summed E-state index contributed by atoms with van der Waals surface area (Å²) in [6.07, 6.45) is 2.21. The molecule has 0 aliphatic carbocycles. The van der Waals surface area contributed by atoms with E-state index in [2.05, 4.69) is 10.6 Å². The highest BCUT2D eigenvalue weighted by Gasteiger charge is 1.94. The van der Waals surface area contributed by atoms with Gasteiger partial charge in [0.15, 0.2) is 11.6 Å². The van der Waals surface area contributed by atoms with Crippen LogP contribution in [0.3, 0.4) is 0 Å². The molecule has 0 atom stereocenters. The first-order valence-electron chi connectivity index (χ1n) is 8.05. The molecule has 0 aliphatic heterocycles. The molecule has 2 N–H and O–H groups in total. The summed E-state index contributed by atoms with van der Waals surface area (Å²) >= 11 is 0. The Morgan fingerprint density at radius 3 is 1.39 bits per heavy atom. The van der Waals surface area contributed by atoms with Gasteiger partial charge in [-0.15, -0.1) is 0 Å². The molecule has 0 fully saturated rings. The number of ether oxygens (including phenoxy) is 3. The minimum atomic E-state index is -0.0124. The van der Waals surface area contributed by atoms with E-state index >= 15 is 0 Å². The molecule has 0 aromatic heterocycles. The largest absolute Gasteiger partial charge is 0.381 e. The van der Waals surface area contributed by atoms with Gasteiger partial charge in [0, 0.05) is 13.2 Å². The molecule has 7 nitrogen and oxygen atoms in total. The zero-order chi connectivity index (χ0) is 17.8. The van der Waals surface area contributed by atoms with Crippen LogP contribution in [-0.4, -0.2) is 78.4 Å². The minimum Gasteiger partial charge on any atom is -0.381 e. The van der Waals surface area contributed by atoms with Crippen LogP contribution in [0.1, 0.15) is 26.7 Å². The predicted molar refractivity (Wildman–Crippen MR) is 90.9 cm³/mol. The van der Waals surface area contributed by atoms with Gasteiger partial charge in [-0.1, -0.05) is 0 Å². The van der Waals surface area contributed by atoms with Crippen molar-refractivity contribution in [2.45, 2.75) is 26.7 Å². The summed E-state index contributed by atoms with van der Waals surface area (Å²) in [4.78, 5) is 20.7. The molecule has 0 saturated carbocycles. The molecule has 0 spiro atoms. The number of nitrogens with one attached hydrogen (secondary N) is 2. The summed E-state index contributed by atoms with van der Waals surface area (Å²) in [5.41, 5.74) is 0. The van der Waals surface area contributed by atoms with Crippen LogP contribution in [0, 0.1) is 0 Å². The van der Waals surface area contributed by atoms with Gasteiger partial charge in [-0.05, 0) is 53.9 Å². The van der Waals surface area contributed by atoms with Gasteiger partial charge in [-0.3, -0.25) is 9.59 Å². The first kappa shape index (κ1) is 24.4. The Labute approximate surface area is 140 Å². The quantitative estimate of drug-likeness (QED) is 0.420. The zero-order valence-corrected chi connectivity index (χ0v) is 15.1. The van der Waals surface area contributed by atoms with E-state index in [0.29, 0.717) is 13.2 Å². The van der Waals surface area contributed by atoms with Gasteiger partial charge in [0.2, 0.25) is 0 Å². The van der Waals surface area contributed by atoms with E-state index in [-0.39, 0.29) is 24.8 Å². The Kier molecular flexibility index (Phi) is 22.4. The van der Waals surface area contributed by atoms with Crippen LogP contribution in [-0.2, 0) is 23.8 Å². The molecule has 0 aromatic rings. The van der Waals surface area contributed by atoms with Crippen molar-refractivity contribution in [3.63, 3.8) is 0 Å². The minimum absolute atomic E-state index is 0.0124.